The fraction of sp³-hybridized carbons (Fsp3) is 0.143. The second kappa shape index (κ2) is 4.27. The van der Waals surface area contributed by atoms with Crippen LogP contribution in [0.1, 0.15) is 17.7 Å². The molecule has 0 amide bonds. The second-order valence-electron chi connectivity index (χ2n) is 2.41. The molecule has 0 atom stereocenters. The Morgan fingerprint density at radius 3 is 2.67 bits per heavy atom. The Labute approximate surface area is 90.6 Å². The summed E-state index contributed by atoms with van der Waals surface area (Å²) in [6, 6.07) is 2.08. The van der Waals surface area contributed by atoms with Crippen molar-refractivity contribution in [3.05, 3.63) is 32.0 Å². The van der Waals surface area contributed by atoms with Crippen molar-refractivity contribution in [2.75, 3.05) is 0 Å². The molecule has 15 heavy (non-hydrogen) atoms. The first kappa shape index (κ1) is 11.5. The van der Waals surface area contributed by atoms with Crippen molar-refractivity contribution in [1.82, 2.24) is 4.98 Å². The summed E-state index contributed by atoms with van der Waals surface area (Å²) in [6.45, 7) is 0. The van der Waals surface area contributed by atoms with Gasteiger partial charge in [0.05, 0.1) is 10.5 Å². The number of nitro groups is 1. The molecule has 8 heteroatoms. The van der Waals surface area contributed by atoms with Crippen LogP contribution < -0.4 is 0 Å². The van der Waals surface area contributed by atoms with E-state index in [-0.39, 0.29) is 4.60 Å². The van der Waals surface area contributed by atoms with Gasteiger partial charge in [-0.15, -0.1) is 0 Å². The van der Waals surface area contributed by atoms with Crippen LogP contribution in [0.15, 0.2) is 10.7 Å². The molecule has 0 aromatic carbocycles. The second-order valence-corrected chi connectivity index (χ2v) is 3.16. The van der Waals surface area contributed by atoms with E-state index in [1.165, 1.54) is 6.07 Å². The summed E-state index contributed by atoms with van der Waals surface area (Å²) in [5, 5.41) is 18.9. The molecule has 0 aliphatic heterocycles. The molecular formula is C7H2BrF2N3O2. The van der Waals surface area contributed by atoms with E-state index in [1.54, 1.807) is 0 Å². The molecule has 78 valence electrons. The van der Waals surface area contributed by atoms with Crippen molar-refractivity contribution in [2.24, 2.45) is 0 Å². The Morgan fingerprint density at radius 2 is 2.27 bits per heavy atom. The Balaban J connectivity index is 3.45. The molecule has 1 rings (SSSR count). The minimum absolute atomic E-state index is 0.242. The summed E-state index contributed by atoms with van der Waals surface area (Å²) < 4.78 is 24.5. The van der Waals surface area contributed by atoms with E-state index in [4.69, 9.17) is 5.26 Å². The lowest BCUT2D eigenvalue weighted by Crippen LogP contribution is -1.99. The number of nitriles is 1. The van der Waals surface area contributed by atoms with Crippen LogP contribution in [-0.2, 0) is 0 Å². The molecule has 5 nitrogen and oxygen atoms in total. The molecule has 1 heterocycles. The van der Waals surface area contributed by atoms with Gasteiger partial charge in [-0.05, 0) is 15.9 Å². The highest BCUT2D eigenvalue weighted by molar-refractivity contribution is 9.10. The summed E-state index contributed by atoms with van der Waals surface area (Å²) in [5.74, 6) is 0. The predicted molar refractivity (Wildman–Crippen MR) is 48.3 cm³/mol. The van der Waals surface area contributed by atoms with Crippen LogP contribution in [0.4, 0.5) is 14.5 Å². The van der Waals surface area contributed by atoms with Crippen molar-refractivity contribution in [3.8, 4) is 6.07 Å². The molecule has 0 unspecified atom stereocenters. The van der Waals surface area contributed by atoms with E-state index in [0.29, 0.717) is 6.07 Å². The van der Waals surface area contributed by atoms with Crippen LogP contribution in [0, 0.1) is 21.4 Å². The predicted octanol–water partition coefficient (Wildman–Crippen LogP) is 2.56. The van der Waals surface area contributed by atoms with Gasteiger partial charge in [0.25, 0.3) is 6.43 Å². The van der Waals surface area contributed by atoms with Gasteiger partial charge < -0.3 is 0 Å². The lowest BCUT2D eigenvalue weighted by molar-refractivity contribution is -0.386. The van der Waals surface area contributed by atoms with Crippen LogP contribution in [0.5, 0.6) is 0 Å². The van der Waals surface area contributed by atoms with E-state index < -0.39 is 28.3 Å². The Bertz CT molecular complexity index is 458. The third-order valence-electron chi connectivity index (χ3n) is 1.52. The number of hydrogen-bond acceptors (Lipinski definition) is 4. The molecule has 0 saturated carbocycles. The molecule has 0 spiro atoms. The first-order valence-electron chi connectivity index (χ1n) is 3.50. The van der Waals surface area contributed by atoms with E-state index in [9.17, 15) is 18.9 Å². The number of rotatable bonds is 2. The number of alkyl halides is 2. The van der Waals surface area contributed by atoms with Gasteiger partial charge in [0.15, 0.2) is 10.3 Å². The van der Waals surface area contributed by atoms with Crippen molar-refractivity contribution >= 4 is 21.6 Å². The maximum absolute atomic E-state index is 12.4. The Morgan fingerprint density at radius 1 is 1.67 bits per heavy atom. The lowest BCUT2D eigenvalue weighted by Gasteiger charge is -2.02. The molecular weight excluding hydrogens is 276 g/mol. The van der Waals surface area contributed by atoms with Crippen LogP contribution >= 0.6 is 15.9 Å². The average molecular weight is 278 g/mol. The summed E-state index contributed by atoms with van der Waals surface area (Å²) in [6.07, 6.45) is -2.97. The number of nitrogens with zero attached hydrogens (tertiary/aromatic N) is 3. The third-order valence-corrected chi connectivity index (χ3v) is 2.11. The van der Waals surface area contributed by atoms with Crippen LogP contribution in [-0.4, -0.2) is 9.91 Å². The van der Waals surface area contributed by atoms with Gasteiger partial charge in [-0.2, -0.15) is 5.26 Å². The quantitative estimate of drug-likeness (QED) is 0.473. The molecule has 0 radical (unpaired) electrons. The highest BCUT2D eigenvalue weighted by Crippen LogP contribution is 2.30. The molecule has 0 bridgehead atoms. The van der Waals surface area contributed by atoms with Gasteiger partial charge in [-0.1, -0.05) is 0 Å². The number of halogens is 3. The highest BCUT2D eigenvalue weighted by atomic mass is 79.9. The van der Waals surface area contributed by atoms with E-state index in [0.717, 1.165) is 0 Å². The molecule has 1 aromatic heterocycles. The molecule has 0 N–H and O–H groups in total. The van der Waals surface area contributed by atoms with Gasteiger partial charge in [0.2, 0.25) is 0 Å². The van der Waals surface area contributed by atoms with Crippen molar-refractivity contribution in [1.29, 1.82) is 5.26 Å². The Hall–Kier alpha value is -1.62. The summed E-state index contributed by atoms with van der Waals surface area (Å²) in [5.41, 5.74) is -1.86. The standard InChI is InChI=1S/C7H2BrF2N3O2/c8-6-5(13(14)15)1-3(7(9)10)4(2-11)12-6/h1,7H. The zero-order valence-electron chi connectivity index (χ0n) is 6.95. The zero-order chi connectivity index (χ0) is 11.6. The lowest BCUT2D eigenvalue weighted by atomic mass is 10.2. The SMILES string of the molecule is N#Cc1nc(Br)c([N+](=O)[O-])cc1C(F)F. The van der Waals surface area contributed by atoms with Crippen LogP contribution in [0.2, 0.25) is 0 Å². The fourth-order valence-electron chi connectivity index (χ4n) is 0.879. The van der Waals surface area contributed by atoms with Crippen LogP contribution in [0.25, 0.3) is 0 Å². The first-order valence-corrected chi connectivity index (χ1v) is 4.29. The maximum Gasteiger partial charge on any atom is 0.302 e. The highest BCUT2D eigenvalue weighted by Gasteiger charge is 2.22. The van der Waals surface area contributed by atoms with Gasteiger partial charge in [0, 0.05) is 6.07 Å². The third kappa shape index (κ3) is 2.24. The Kier molecular flexibility index (Phi) is 3.26. The van der Waals surface area contributed by atoms with Gasteiger partial charge in [0.1, 0.15) is 6.07 Å². The number of hydrogen-bond donors (Lipinski definition) is 0. The van der Waals surface area contributed by atoms with Gasteiger partial charge >= 0.3 is 5.69 Å². The van der Waals surface area contributed by atoms with E-state index in [2.05, 4.69) is 20.9 Å². The topological polar surface area (TPSA) is 79.8 Å². The molecule has 0 saturated heterocycles. The molecule has 0 fully saturated rings. The monoisotopic (exact) mass is 277 g/mol. The van der Waals surface area contributed by atoms with Gasteiger partial charge in [-0.3, -0.25) is 10.1 Å². The van der Waals surface area contributed by atoms with Crippen molar-refractivity contribution in [2.45, 2.75) is 6.43 Å². The van der Waals surface area contributed by atoms with Crippen molar-refractivity contribution in [3.63, 3.8) is 0 Å². The summed E-state index contributed by atoms with van der Waals surface area (Å²) in [7, 11) is 0. The smallest absolute Gasteiger partial charge is 0.258 e. The fourth-order valence-corrected chi connectivity index (χ4v) is 1.32. The normalized spacial score (nSPS) is 10.1. The minimum atomic E-state index is -2.97. The summed E-state index contributed by atoms with van der Waals surface area (Å²) in [4.78, 5) is 12.9. The number of pyridine rings is 1. The molecule has 1 aromatic rings. The molecule has 0 aliphatic rings. The zero-order valence-corrected chi connectivity index (χ0v) is 8.53. The average Bonchev–Trinajstić information content (AvgIpc) is 2.16. The van der Waals surface area contributed by atoms with E-state index in [1.807, 2.05) is 0 Å². The minimum Gasteiger partial charge on any atom is -0.258 e. The largest absolute Gasteiger partial charge is 0.302 e. The van der Waals surface area contributed by atoms with Crippen molar-refractivity contribution < 1.29 is 13.7 Å². The number of aromatic nitrogens is 1. The van der Waals surface area contributed by atoms with Crippen LogP contribution in [0.3, 0.4) is 0 Å². The maximum atomic E-state index is 12.4. The van der Waals surface area contributed by atoms with E-state index >= 15 is 0 Å². The van der Waals surface area contributed by atoms with Gasteiger partial charge in [-0.25, -0.2) is 13.8 Å². The summed E-state index contributed by atoms with van der Waals surface area (Å²) >= 11 is 2.72. The first-order chi connectivity index (χ1) is 6.97. The molecule has 0 aliphatic carbocycles.